The second-order valence-electron chi connectivity index (χ2n) is 0.357. The van der Waals surface area contributed by atoms with Gasteiger partial charge in [-0.1, -0.05) is 0 Å². The molecule has 3 radical (unpaired) electrons. The van der Waals surface area contributed by atoms with E-state index in [-0.39, 0.29) is 23.5 Å². The molecule has 0 aromatic carbocycles. The summed E-state index contributed by atoms with van der Waals surface area (Å²) >= 11 is 0. The Kier molecular flexibility index (Phi) is 20.9. The quantitative estimate of drug-likeness (QED) is 0.237. The van der Waals surface area contributed by atoms with E-state index in [4.69, 9.17) is 15.2 Å². The van der Waals surface area contributed by atoms with Crippen molar-refractivity contribution in [3.05, 3.63) is 0 Å². The summed E-state index contributed by atoms with van der Waals surface area (Å²) in [6.45, 7) is 0. The van der Waals surface area contributed by atoms with Gasteiger partial charge in [0.15, 0.2) is 0 Å². The van der Waals surface area contributed by atoms with Gasteiger partial charge < -0.3 is 11.3 Å². The highest BCUT2D eigenvalue weighted by Gasteiger charge is 1.84. The maximum Gasteiger partial charge on any atom is 0.537 e. The predicted octanol–water partition coefficient (Wildman–Crippen LogP) is -0.0648. The van der Waals surface area contributed by atoms with Crippen LogP contribution in [0.2, 0.25) is 0 Å². The van der Waals surface area contributed by atoms with Crippen LogP contribution in [0, 0.1) is 0 Å². The Labute approximate surface area is 50.5 Å². The van der Waals surface area contributed by atoms with Gasteiger partial charge in [-0.25, -0.2) is 4.79 Å². The van der Waals surface area contributed by atoms with Crippen LogP contribution in [0.5, 0.6) is 0 Å². The van der Waals surface area contributed by atoms with Gasteiger partial charge in [-0.15, -0.1) is 0 Å². The third kappa shape index (κ3) is 26.7. The molecule has 0 atom stereocenters. The Balaban J connectivity index is -0.0000000800. The second kappa shape index (κ2) is 9.21. The highest BCUT2D eigenvalue weighted by molar-refractivity contribution is 5.75. The molecule has 0 amide bonds. The molecule has 0 unspecified atom stereocenters. The average Bonchev–Trinajstić information content (AvgIpc) is 1.38. The van der Waals surface area contributed by atoms with E-state index < -0.39 is 6.16 Å². The highest BCUT2D eigenvalue weighted by Crippen LogP contribution is 1.59. The Morgan fingerprint density at radius 2 is 1.71 bits per heavy atom. The molecule has 0 rings (SSSR count). The fourth-order valence-electron chi connectivity index (χ4n) is 0. The van der Waals surface area contributed by atoms with Gasteiger partial charge in [-0.05, 0) is 0 Å². The van der Waals surface area contributed by atoms with Crippen molar-refractivity contribution in [2.24, 2.45) is 0 Å². The lowest BCUT2D eigenvalue weighted by atomic mass is 11.5. The highest BCUT2D eigenvalue weighted by atomic mass is 27.0. The van der Waals surface area contributed by atoms with Crippen LogP contribution in [-0.4, -0.2) is 33.9 Å². The van der Waals surface area contributed by atoms with Crippen molar-refractivity contribution in [1.82, 2.24) is 6.15 Å². The molecule has 0 bridgehead atoms. The zero-order valence-corrected chi connectivity index (χ0v) is 4.65. The average molecular weight is 122 g/mol. The maximum atomic E-state index is 8.90. The smallest absolute Gasteiger partial charge is 0.448 e. The van der Waals surface area contributed by atoms with Crippen LogP contribution < -0.4 is 6.15 Å². The van der Waals surface area contributed by atoms with Gasteiger partial charge in [-0.3, -0.25) is 4.89 Å². The molecule has 5 nitrogen and oxygen atoms in total. The molecule has 7 heavy (non-hydrogen) atoms. The van der Waals surface area contributed by atoms with Crippen molar-refractivity contribution in [2.45, 2.75) is 0 Å². The number of hydrogen-bond donors (Lipinski definition) is 3. The molecule has 0 aromatic heterocycles. The minimum Gasteiger partial charge on any atom is -0.448 e. The van der Waals surface area contributed by atoms with E-state index in [1.54, 1.807) is 0 Å². The summed E-state index contributed by atoms with van der Waals surface area (Å²) in [5, 5.41) is 14.3. The zero-order chi connectivity index (χ0) is 4.28. The summed E-state index contributed by atoms with van der Waals surface area (Å²) in [5.41, 5.74) is 0. The van der Waals surface area contributed by atoms with Crippen molar-refractivity contribution >= 4 is 23.5 Å². The third-order valence-electron chi connectivity index (χ3n) is 0.0781. The molecule has 41 valence electrons. The van der Waals surface area contributed by atoms with Crippen molar-refractivity contribution in [2.75, 3.05) is 0 Å². The minimum atomic E-state index is -1.69. The Bertz CT molecular complexity index is 47.0. The molecular weight excluding hydrogens is 117 g/mol. The van der Waals surface area contributed by atoms with E-state index in [9.17, 15) is 0 Å². The summed E-state index contributed by atoms with van der Waals surface area (Å²) in [4.78, 5) is 11.6. The predicted molar refractivity (Wildman–Crippen MR) is 22.5 cm³/mol. The van der Waals surface area contributed by atoms with E-state index in [2.05, 4.69) is 4.89 Å². The topological polar surface area (TPSA) is 102 Å². The largest absolute Gasteiger partial charge is 0.537 e. The lowest BCUT2D eigenvalue weighted by molar-refractivity contribution is -0.194. The van der Waals surface area contributed by atoms with Crippen molar-refractivity contribution in [1.29, 1.82) is 0 Å². The van der Waals surface area contributed by atoms with Gasteiger partial charge >= 0.3 is 6.16 Å². The van der Waals surface area contributed by atoms with Crippen LogP contribution in [0.25, 0.3) is 0 Å². The van der Waals surface area contributed by atoms with Crippen LogP contribution in [0.15, 0.2) is 0 Å². The number of carbonyl (C=O) groups is 1. The zero-order valence-electron chi connectivity index (χ0n) is 3.50. The molecule has 5 N–H and O–H groups in total. The van der Waals surface area contributed by atoms with Crippen molar-refractivity contribution in [3.63, 3.8) is 0 Å². The Morgan fingerprint density at radius 3 is 1.71 bits per heavy atom. The van der Waals surface area contributed by atoms with Gasteiger partial charge in [0.1, 0.15) is 0 Å². The van der Waals surface area contributed by atoms with E-state index in [1.165, 1.54) is 0 Å². The van der Waals surface area contributed by atoms with E-state index >= 15 is 0 Å². The Morgan fingerprint density at radius 1 is 1.57 bits per heavy atom. The fourth-order valence-corrected chi connectivity index (χ4v) is 0. The lowest BCUT2D eigenvalue weighted by Crippen LogP contribution is -1.91. The van der Waals surface area contributed by atoms with Crippen LogP contribution in [-0.2, 0) is 4.89 Å². The summed E-state index contributed by atoms with van der Waals surface area (Å²) in [7, 11) is 0. The Hall–Kier alpha value is -0.278. The van der Waals surface area contributed by atoms with Crippen LogP contribution in [0.3, 0.4) is 0 Å². The first-order valence-corrected chi connectivity index (χ1v) is 0.814. The molecule has 0 saturated carbocycles. The van der Waals surface area contributed by atoms with Gasteiger partial charge in [0.2, 0.25) is 0 Å². The van der Waals surface area contributed by atoms with Crippen LogP contribution in [0.4, 0.5) is 4.79 Å². The normalized spacial score (nSPS) is 4.71. The summed E-state index contributed by atoms with van der Waals surface area (Å²) in [6.07, 6.45) is -1.69. The first-order valence-electron chi connectivity index (χ1n) is 0.814. The van der Waals surface area contributed by atoms with Gasteiger partial charge in [-0.2, -0.15) is 5.26 Å². The van der Waals surface area contributed by atoms with Gasteiger partial charge in [0.25, 0.3) is 0 Å². The van der Waals surface area contributed by atoms with E-state index in [0.29, 0.717) is 0 Å². The van der Waals surface area contributed by atoms with Crippen LogP contribution >= 0.6 is 0 Å². The summed E-state index contributed by atoms with van der Waals surface area (Å²) in [6, 6.07) is 0. The molecule has 0 spiro atoms. The second-order valence-corrected chi connectivity index (χ2v) is 0.357. The SMILES string of the molecule is N.O=C(O)OO.[Al]. The molecule has 0 aromatic rings. The number of rotatable bonds is 0. The molecule has 0 fully saturated rings. The maximum absolute atomic E-state index is 8.90. The monoisotopic (exact) mass is 122 g/mol. The molecule has 0 aliphatic carbocycles. The number of carboxylic acid groups (broad SMARTS) is 1. The van der Waals surface area contributed by atoms with Crippen LogP contribution in [0.1, 0.15) is 0 Å². The van der Waals surface area contributed by atoms with Gasteiger partial charge in [0.05, 0.1) is 0 Å². The molecule has 0 heterocycles. The molecular formula is CH5AlNO4. The first-order chi connectivity index (χ1) is 2.27. The summed E-state index contributed by atoms with van der Waals surface area (Å²) < 4.78 is 0. The van der Waals surface area contributed by atoms with E-state index in [1.807, 2.05) is 0 Å². The molecule has 0 aliphatic rings. The standard InChI is InChI=1S/CH2O4.Al.H3N/c2-1(3)5-4;;/h4H,(H,2,3);;1H3. The molecule has 0 saturated heterocycles. The summed E-state index contributed by atoms with van der Waals surface area (Å²) in [5.74, 6) is 0. The molecule has 6 heteroatoms. The fraction of sp³-hybridized carbons (Fsp3) is 0. The van der Waals surface area contributed by atoms with E-state index in [0.717, 1.165) is 0 Å². The van der Waals surface area contributed by atoms with Crippen molar-refractivity contribution < 1.29 is 20.0 Å². The lowest BCUT2D eigenvalue weighted by Gasteiger charge is -1.75. The minimum absolute atomic E-state index is 0. The third-order valence-corrected chi connectivity index (χ3v) is 0.0781. The number of hydrogen-bond acceptors (Lipinski definition) is 4. The first kappa shape index (κ1) is 15.9. The molecule has 0 aliphatic heterocycles. The van der Waals surface area contributed by atoms with Crippen molar-refractivity contribution in [3.8, 4) is 0 Å². The van der Waals surface area contributed by atoms with Gasteiger partial charge in [0, 0.05) is 17.4 Å².